The van der Waals surface area contributed by atoms with E-state index in [9.17, 15) is 0 Å². The summed E-state index contributed by atoms with van der Waals surface area (Å²) in [5.41, 5.74) is 1.23. The van der Waals surface area contributed by atoms with E-state index in [1.54, 1.807) is 11.3 Å². The van der Waals surface area contributed by atoms with Gasteiger partial charge in [-0.2, -0.15) is 0 Å². The number of rotatable bonds is 5. The maximum atomic E-state index is 4.54. The maximum absolute atomic E-state index is 4.54. The van der Waals surface area contributed by atoms with Crippen molar-refractivity contribution in [1.29, 1.82) is 0 Å². The fourth-order valence-electron chi connectivity index (χ4n) is 1.79. The Morgan fingerprint density at radius 3 is 2.93 bits per heavy atom. The number of hydrogen-bond acceptors (Lipinski definition) is 3. The van der Waals surface area contributed by atoms with Crippen molar-refractivity contribution >= 4 is 11.3 Å². The van der Waals surface area contributed by atoms with Crippen molar-refractivity contribution in [3.63, 3.8) is 0 Å². The molecule has 1 aliphatic rings. The van der Waals surface area contributed by atoms with Gasteiger partial charge in [-0.05, 0) is 32.7 Å². The van der Waals surface area contributed by atoms with Gasteiger partial charge in [0.2, 0.25) is 0 Å². The molecule has 1 saturated carbocycles. The largest absolute Gasteiger partial charge is 0.312 e. The van der Waals surface area contributed by atoms with Gasteiger partial charge in [0.1, 0.15) is 0 Å². The molecule has 1 heterocycles. The second-order valence-electron chi connectivity index (χ2n) is 4.15. The van der Waals surface area contributed by atoms with Crippen molar-refractivity contribution in [3.8, 4) is 0 Å². The normalized spacial score (nSPS) is 18.4. The molecule has 0 aliphatic heterocycles. The molecule has 3 heteroatoms. The SMILES string of the molecule is CNC(CCC1CC1)c1csc(C)n1. The van der Waals surface area contributed by atoms with E-state index in [0.717, 1.165) is 5.92 Å². The summed E-state index contributed by atoms with van der Waals surface area (Å²) in [4.78, 5) is 4.54. The summed E-state index contributed by atoms with van der Waals surface area (Å²) in [5, 5.41) is 6.72. The molecule has 1 aromatic heterocycles. The fourth-order valence-corrected chi connectivity index (χ4v) is 2.46. The topological polar surface area (TPSA) is 24.9 Å². The lowest BCUT2D eigenvalue weighted by atomic mass is 10.1. The second-order valence-corrected chi connectivity index (χ2v) is 5.22. The Morgan fingerprint density at radius 2 is 2.43 bits per heavy atom. The smallest absolute Gasteiger partial charge is 0.0898 e. The molecule has 0 bridgehead atoms. The van der Waals surface area contributed by atoms with E-state index in [1.165, 1.54) is 36.4 Å². The quantitative estimate of drug-likeness (QED) is 0.808. The van der Waals surface area contributed by atoms with Gasteiger partial charge in [0.05, 0.1) is 16.7 Å². The second kappa shape index (κ2) is 4.41. The molecule has 0 amide bonds. The average molecular weight is 210 g/mol. The summed E-state index contributed by atoms with van der Waals surface area (Å²) >= 11 is 1.75. The Balaban J connectivity index is 1.90. The highest BCUT2D eigenvalue weighted by molar-refractivity contribution is 7.09. The Morgan fingerprint density at radius 1 is 1.64 bits per heavy atom. The van der Waals surface area contributed by atoms with E-state index in [4.69, 9.17) is 0 Å². The molecule has 14 heavy (non-hydrogen) atoms. The van der Waals surface area contributed by atoms with Crippen molar-refractivity contribution in [1.82, 2.24) is 10.3 Å². The zero-order valence-corrected chi connectivity index (χ0v) is 9.73. The van der Waals surface area contributed by atoms with Crippen LogP contribution in [0.25, 0.3) is 0 Å². The molecule has 78 valence electrons. The molecule has 2 rings (SSSR count). The van der Waals surface area contributed by atoms with Crippen LogP contribution in [0, 0.1) is 12.8 Å². The first kappa shape index (κ1) is 10.1. The summed E-state index contributed by atoms with van der Waals surface area (Å²) in [5.74, 6) is 1.02. The fraction of sp³-hybridized carbons (Fsp3) is 0.727. The lowest BCUT2D eigenvalue weighted by Gasteiger charge is -2.12. The van der Waals surface area contributed by atoms with Crippen LogP contribution in [0.15, 0.2) is 5.38 Å². The summed E-state index contributed by atoms with van der Waals surface area (Å²) < 4.78 is 0. The molecular weight excluding hydrogens is 192 g/mol. The van der Waals surface area contributed by atoms with Crippen LogP contribution in [0.5, 0.6) is 0 Å². The molecule has 1 N–H and O–H groups in total. The van der Waals surface area contributed by atoms with Crippen molar-refractivity contribution in [3.05, 3.63) is 16.1 Å². The molecule has 2 nitrogen and oxygen atoms in total. The van der Waals surface area contributed by atoms with Gasteiger partial charge < -0.3 is 5.32 Å². The van der Waals surface area contributed by atoms with E-state index in [1.807, 2.05) is 7.05 Å². The summed E-state index contributed by atoms with van der Waals surface area (Å²) in [6.07, 6.45) is 5.51. The van der Waals surface area contributed by atoms with Crippen LogP contribution in [0.1, 0.15) is 42.4 Å². The molecule has 0 spiro atoms. The van der Waals surface area contributed by atoms with Gasteiger partial charge in [-0.25, -0.2) is 4.98 Å². The van der Waals surface area contributed by atoms with Crippen molar-refractivity contribution in [2.24, 2.45) is 5.92 Å². The van der Waals surface area contributed by atoms with E-state index >= 15 is 0 Å². The van der Waals surface area contributed by atoms with Gasteiger partial charge in [0.15, 0.2) is 0 Å². The van der Waals surface area contributed by atoms with Crippen molar-refractivity contribution in [2.45, 2.75) is 38.6 Å². The lowest BCUT2D eigenvalue weighted by Crippen LogP contribution is -2.16. The molecule has 0 radical (unpaired) electrons. The Labute approximate surface area is 89.8 Å². The van der Waals surface area contributed by atoms with E-state index in [0.29, 0.717) is 6.04 Å². The number of thiazole rings is 1. The maximum Gasteiger partial charge on any atom is 0.0898 e. The Kier molecular flexibility index (Phi) is 3.19. The predicted molar refractivity (Wildman–Crippen MR) is 60.6 cm³/mol. The van der Waals surface area contributed by atoms with Crippen molar-refractivity contribution < 1.29 is 0 Å². The Hall–Kier alpha value is -0.410. The molecule has 1 atom stereocenters. The van der Waals surface area contributed by atoms with E-state index in [-0.39, 0.29) is 0 Å². The van der Waals surface area contributed by atoms with E-state index < -0.39 is 0 Å². The van der Waals surface area contributed by atoms with Crippen LogP contribution in [0.2, 0.25) is 0 Å². The predicted octanol–water partition coefficient (Wildman–Crippen LogP) is 2.90. The molecule has 1 aliphatic carbocycles. The van der Waals surface area contributed by atoms with Crippen LogP contribution in [0.3, 0.4) is 0 Å². The van der Waals surface area contributed by atoms with Crippen LogP contribution >= 0.6 is 11.3 Å². The molecule has 1 fully saturated rings. The minimum absolute atomic E-state index is 0.473. The molecule has 0 saturated heterocycles. The monoisotopic (exact) mass is 210 g/mol. The van der Waals surface area contributed by atoms with Crippen LogP contribution in [0.4, 0.5) is 0 Å². The third-order valence-corrected chi connectivity index (χ3v) is 3.69. The van der Waals surface area contributed by atoms with Crippen LogP contribution in [-0.4, -0.2) is 12.0 Å². The number of nitrogens with zero attached hydrogens (tertiary/aromatic N) is 1. The minimum Gasteiger partial charge on any atom is -0.312 e. The summed E-state index contributed by atoms with van der Waals surface area (Å²) in [6, 6.07) is 0.473. The highest BCUT2D eigenvalue weighted by atomic mass is 32.1. The van der Waals surface area contributed by atoms with Gasteiger partial charge in [0, 0.05) is 5.38 Å². The molecular formula is C11H18N2S. The van der Waals surface area contributed by atoms with Gasteiger partial charge in [0.25, 0.3) is 0 Å². The zero-order chi connectivity index (χ0) is 9.97. The first-order chi connectivity index (χ1) is 6.79. The number of hydrogen-bond donors (Lipinski definition) is 1. The van der Waals surface area contributed by atoms with Crippen LogP contribution in [-0.2, 0) is 0 Å². The Bertz CT molecular complexity index is 291. The third-order valence-electron chi connectivity index (χ3n) is 2.90. The summed E-state index contributed by atoms with van der Waals surface area (Å²) in [7, 11) is 2.03. The highest BCUT2D eigenvalue weighted by Crippen LogP contribution is 2.35. The minimum atomic E-state index is 0.473. The average Bonchev–Trinajstić information content (AvgIpc) is 2.90. The van der Waals surface area contributed by atoms with Gasteiger partial charge in [-0.15, -0.1) is 11.3 Å². The number of aromatic nitrogens is 1. The molecule has 0 aromatic carbocycles. The standard InChI is InChI=1S/C11H18N2S/c1-8-13-11(7-14-8)10(12-2)6-5-9-3-4-9/h7,9-10,12H,3-6H2,1-2H3. The first-order valence-corrected chi connectivity index (χ1v) is 6.27. The van der Waals surface area contributed by atoms with Gasteiger partial charge >= 0.3 is 0 Å². The summed E-state index contributed by atoms with van der Waals surface area (Å²) in [6.45, 7) is 2.07. The zero-order valence-electron chi connectivity index (χ0n) is 8.92. The van der Waals surface area contributed by atoms with Gasteiger partial charge in [-0.3, -0.25) is 0 Å². The molecule has 1 unspecified atom stereocenters. The third kappa shape index (κ3) is 2.55. The van der Waals surface area contributed by atoms with Crippen molar-refractivity contribution in [2.75, 3.05) is 7.05 Å². The highest BCUT2D eigenvalue weighted by Gasteiger charge is 2.23. The number of nitrogens with one attached hydrogen (secondary N) is 1. The first-order valence-electron chi connectivity index (χ1n) is 5.39. The van der Waals surface area contributed by atoms with Crippen LogP contribution < -0.4 is 5.32 Å². The lowest BCUT2D eigenvalue weighted by molar-refractivity contribution is 0.498. The van der Waals surface area contributed by atoms with E-state index in [2.05, 4.69) is 22.6 Å². The van der Waals surface area contributed by atoms with Gasteiger partial charge in [-0.1, -0.05) is 12.8 Å². The number of aryl methyl sites for hydroxylation is 1. The molecule has 1 aromatic rings.